The minimum Gasteiger partial charge on any atom is -0.481 e. The highest BCUT2D eigenvalue weighted by atomic mass is 16.5. The number of carbonyl (C=O) groups is 1. The zero-order chi connectivity index (χ0) is 13.5. The molecule has 0 saturated carbocycles. The first-order valence-corrected chi connectivity index (χ1v) is 6.30. The fourth-order valence-electron chi connectivity index (χ4n) is 1.60. The molecule has 1 rings (SSSR count). The summed E-state index contributed by atoms with van der Waals surface area (Å²) in [6, 6.07) is 8.04. The number of hydrogen-bond donors (Lipinski definition) is 2. The van der Waals surface area contributed by atoms with Crippen LogP contribution in [0.15, 0.2) is 24.3 Å². The van der Waals surface area contributed by atoms with E-state index in [9.17, 15) is 4.79 Å². The molecule has 2 unspecified atom stereocenters. The van der Waals surface area contributed by atoms with Gasteiger partial charge in [0.25, 0.3) is 5.91 Å². The summed E-state index contributed by atoms with van der Waals surface area (Å²) in [4.78, 5) is 11.6. The van der Waals surface area contributed by atoms with Crippen molar-refractivity contribution >= 4 is 5.91 Å². The molecular formula is C14H22N2O2. The van der Waals surface area contributed by atoms with Gasteiger partial charge < -0.3 is 15.4 Å². The van der Waals surface area contributed by atoms with Crippen molar-refractivity contribution in [3.63, 3.8) is 0 Å². The normalized spacial score (nSPS) is 13.8. The van der Waals surface area contributed by atoms with Crippen molar-refractivity contribution in [2.75, 3.05) is 13.6 Å². The molecule has 18 heavy (non-hydrogen) atoms. The van der Waals surface area contributed by atoms with Crippen molar-refractivity contribution in [2.45, 2.75) is 32.9 Å². The van der Waals surface area contributed by atoms with E-state index in [-0.39, 0.29) is 11.9 Å². The van der Waals surface area contributed by atoms with E-state index in [1.807, 2.05) is 38.2 Å². The van der Waals surface area contributed by atoms with Gasteiger partial charge in [-0.25, -0.2) is 0 Å². The second kappa shape index (κ2) is 7.01. The Morgan fingerprint density at radius 1 is 1.39 bits per heavy atom. The van der Waals surface area contributed by atoms with Crippen molar-refractivity contribution in [2.24, 2.45) is 0 Å². The standard InChI is InChI=1S/C14H22N2O2/c1-5-16-14(17)11(3)18-13-8-6-7-12(9-13)10(2)15-4/h6-11,15H,5H2,1-4H3,(H,16,17). The molecule has 0 radical (unpaired) electrons. The second-order valence-corrected chi connectivity index (χ2v) is 4.24. The molecule has 4 heteroatoms. The van der Waals surface area contributed by atoms with Gasteiger partial charge in [0, 0.05) is 12.6 Å². The molecule has 1 aromatic rings. The van der Waals surface area contributed by atoms with E-state index >= 15 is 0 Å². The fourth-order valence-corrected chi connectivity index (χ4v) is 1.60. The van der Waals surface area contributed by atoms with Crippen molar-refractivity contribution in [1.82, 2.24) is 10.6 Å². The lowest BCUT2D eigenvalue weighted by molar-refractivity contribution is -0.127. The van der Waals surface area contributed by atoms with Crippen LogP contribution in [0.4, 0.5) is 0 Å². The predicted octanol–water partition coefficient (Wildman–Crippen LogP) is 1.87. The molecule has 0 aliphatic carbocycles. The SMILES string of the molecule is CCNC(=O)C(C)Oc1cccc(C(C)NC)c1. The Labute approximate surface area is 109 Å². The van der Waals surface area contributed by atoms with E-state index in [4.69, 9.17) is 4.74 Å². The molecule has 0 bridgehead atoms. The first kappa shape index (κ1) is 14.5. The Morgan fingerprint density at radius 2 is 2.11 bits per heavy atom. The Morgan fingerprint density at radius 3 is 2.72 bits per heavy atom. The van der Waals surface area contributed by atoms with E-state index in [1.165, 1.54) is 0 Å². The highest BCUT2D eigenvalue weighted by Crippen LogP contribution is 2.19. The number of nitrogens with one attached hydrogen (secondary N) is 2. The molecule has 0 aromatic heterocycles. The lowest BCUT2D eigenvalue weighted by Crippen LogP contribution is -2.36. The van der Waals surface area contributed by atoms with E-state index in [2.05, 4.69) is 17.6 Å². The minimum atomic E-state index is -0.481. The van der Waals surface area contributed by atoms with Gasteiger partial charge in [-0.3, -0.25) is 4.79 Å². The van der Waals surface area contributed by atoms with Crippen molar-refractivity contribution < 1.29 is 9.53 Å². The average Bonchev–Trinajstić information content (AvgIpc) is 2.38. The molecule has 1 amide bonds. The summed E-state index contributed by atoms with van der Waals surface area (Å²) >= 11 is 0. The van der Waals surface area contributed by atoms with Crippen LogP contribution in [-0.2, 0) is 4.79 Å². The van der Waals surface area contributed by atoms with Gasteiger partial charge in [-0.05, 0) is 45.5 Å². The maximum Gasteiger partial charge on any atom is 0.260 e. The van der Waals surface area contributed by atoms with Crippen LogP contribution >= 0.6 is 0 Å². The van der Waals surface area contributed by atoms with E-state index in [0.29, 0.717) is 12.3 Å². The first-order chi connectivity index (χ1) is 8.58. The number of amides is 1. The average molecular weight is 250 g/mol. The molecular weight excluding hydrogens is 228 g/mol. The van der Waals surface area contributed by atoms with Crippen LogP contribution in [0.5, 0.6) is 5.75 Å². The van der Waals surface area contributed by atoms with Crippen LogP contribution in [0.1, 0.15) is 32.4 Å². The van der Waals surface area contributed by atoms with E-state index < -0.39 is 6.10 Å². The molecule has 0 aliphatic rings. The minimum absolute atomic E-state index is 0.0930. The van der Waals surface area contributed by atoms with Gasteiger partial charge in [0.05, 0.1) is 0 Å². The zero-order valence-electron chi connectivity index (χ0n) is 11.5. The summed E-state index contributed by atoms with van der Waals surface area (Å²) in [5.41, 5.74) is 1.14. The number of ether oxygens (including phenoxy) is 1. The van der Waals surface area contributed by atoms with Crippen molar-refractivity contribution in [1.29, 1.82) is 0 Å². The van der Waals surface area contributed by atoms with Gasteiger partial charge in [0.1, 0.15) is 5.75 Å². The number of likely N-dealkylation sites (N-methyl/N-ethyl adjacent to an activating group) is 1. The quantitative estimate of drug-likeness (QED) is 0.810. The molecule has 0 saturated heterocycles. The largest absolute Gasteiger partial charge is 0.481 e. The van der Waals surface area contributed by atoms with Crippen LogP contribution in [0.3, 0.4) is 0 Å². The predicted molar refractivity (Wildman–Crippen MR) is 72.7 cm³/mol. The van der Waals surface area contributed by atoms with E-state index in [1.54, 1.807) is 6.92 Å². The van der Waals surface area contributed by atoms with Gasteiger partial charge in [-0.2, -0.15) is 0 Å². The third kappa shape index (κ3) is 4.04. The Hall–Kier alpha value is -1.55. The number of carbonyl (C=O) groups excluding carboxylic acids is 1. The number of benzene rings is 1. The lowest BCUT2D eigenvalue weighted by Gasteiger charge is -2.16. The Bertz CT molecular complexity index is 393. The van der Waals surface area contributed by atoms with Gasteiger partial charge in [0.15, 0.2) is 6.10 Å². The molecule has 0 heterocycles. The van der Waals surface area contributed by atoms with Gasteiger partial charge >= 0.3 is 0 Å². The van der Waals surface area contributed by atoms with Crippen LogP contribution in [0.25, 0.3) is 0 Å². The van der Waals surface area contributed by atoms with Crippen LogP contribution in [0.2, 0.25) is 0 Å². The highest BCUT2D eigenvalue weighted by molar-refractivity contribution is 5.80. The van der Waals surface area contributed by atoms with Crippen LogP contribution in [-0.4, -0.2) is 25.6 Å². The van der Waals surface area contributed by atoms with Gasteiger partial charge in [0.2, 0.25) is 0 Å². The third-order valence-electron chi connectivity index (χ3n) is 2.82. The Balaban J connectivity index is 2.70. The molecule has 0 aliphatic heterocycles. The first-order valence-electron chi connectivity index (χ1n) is 6.30. The summed E-state index contributed by atoms with van der Waals surface area (Å²) in [6.07, 6.45) is -0.481. The smallest absolute Gasteiger partial charge is 0.260 e. The van der Waals surface area contributed by atoms with Gasteiger partial charge in [-0.1, -0.05) is 12.1 Å². The summed E-state index contributed by atoms with van der Waals surface area (Å²) in [7, 11) is 1.91. The number of rotatable bonds is 6. The number of hydrogen-bond acceptors (Lipinski definition) is 3. The third-order valence-corrected chi connectivity index (χ3v) is 2.82. The highest BCUT2D eigenvalue weighted by Gasteiger charge is 2.13. The van der Waals surface area contributed by atoms with Gasteiger partial charge in [-0.15, -0.1) is 0 Å². The molecule has 100 valence electrons. The fraction of sp³-hybridized carbons (Fsp3) is 0.500. The molecule has 2 N–H and O–H groups in total. The molecule has 2 atom stereocenters. The summed E-state index contributed by atoms with van der Waals surface area (Å²) in [5.74, 6) is 0.623. The van der Waals surface area contributed by atoms with Crippen LogP contribution in [0, 0.1) is 0 Å². The molecule has 0 spiro atoms. The lowest BCUT2D eigenvalue weighted by atomic mass is 10.1. The molecule has 4 nitrogen and oxygen atoms in total. The zero-order valence-corrected chi connectivity index (χ0v) is 11.5. The monoisotopic (exact) mass is 250 g/mol. The molecule has 1 aromatic carbocycles. The summed E-state index contributed by atoms with van der Waals surface area (Å²) in [6.45, 7) is 6.33. The maximum absolute atomic E-state index is 11.6. The van der Waals surface area contributed by atoms with Crippen molar-refractivity contribution in [3.05, 3.63) is 29.8 Å². The Kier molecular flexibility index (Phi) is 5.65. The van der Waals surface area contributed by atoms with Crippen LogP contribution < -0.4 is 15.4 Å². The maximum atomic E-state index is 11.6. The summed E-state index contributed by atoms with van der Waals surface area (Å²) < 4.78 is 5.62. The van der Waals surface area contributed by atoms with Crippen molar-refractivity contribution in [3.8, 4) is 5.75 Å². The van der Waals surface area contributed by atoms with E-state index in [0.717, 1.165) is 5.56 Å². The summed E-state index contributed by atoms with van der Waals surface area (Å²) in [5, 5.41) is 5.91. The topological polar surface area (TPSA) is 50.4 Å². The second-order valence-electron chi connectivity index (χ2n) is 4.24. The molecule has 0 fully saturated rings.